The summed E-state index contributed by atoms with van der Waals surface area (Å²) < 4.78 is 3.90. The van der Waals surface area contributed by atoms with E-state index >= 15 is 0 Å². The molecule has 22 heavy (non-hydrogen) atoms. The Labute approximate surface area is 129 Å². The fourth-order valence-electron chi connectivity index (χ4n) is 3.00. The number of urea groups is 1. The van der Waals surface area contributed by atoms with Gasteiger partial charge in [0.15, 0.2) is 0 Å². The molecule has 0 saturated carbocycles. The number of hydrogen-bond acceptors (Lipinski definition) is 3. The number of fused-ring (bicyclic) bond motifs is 3. The molecule has 1 saturated heterocycles. The second-order valence-electron chi connectivity index (χ2n) is 5.45. The van der Waals surface area contributed by atoms with Crippen LogP contribution in [0.4, 0.5) is 10.7 Å². The first kappa shape index (κ1) is 14.5. The predicted octanol–water partition coefficient (Wildman–Crippen LogP) is 1.16. The molecule has 7 nitrogen and oxygen atoms in total. The van der Waals surface area contributed by atoms with Crippen molar-refractivity contribution in [1.29, 1.82) is 0 Å². The number of rotatable bonds is 3. The summed E-state index contributed by atoms with van der Waals surface area (Å²) >= 11 is 0. The normalized spacial score (nSPS) is 20.7. The number of carbonyl (C=O) groups excluding carboxylic acids is 2. The fraction of sp³-hybridized carbons (Fsp3) is 0.467. The zero-order valence-corrected chi connectivity index (χ0v) is 13.3. The molecule has 0 spiro atoms. The van der Waals surface area contributed by atoms with Crippen molar-refractivity contribution in [3.05, 3.63) is 24.0 Å². The summed E-state index contributed by atoms with van der Waals surface area (Å²) in [4.78, 5) is 32.4. The van der Waals surface area contributed by atoms with Crippen LogP contribution >= 0.6 is 0 Å². The van der Waals surface area contributed by atoms with E-state index in [0.29, 0.717) is 5.84 Å². The summed E-state index contributed by atoms with van der Waals surface area (Å²) in [5, 5.41) is 0. The van der Waals surface area contributed by atoms with Gasteiger partial charge in [-0.25, -0.2) is 13.9 Å². The monoisotopic (exact) mass is 302 g/mol. The highest BCUT2D eigenvalue weighted by Gasteiger charge is 2.52. The lowest BCUT2D eigenvalue weighted by atomic mass is 10.1. The largest absolute Gasteiger partial charge is 0.401 e. The van der Waals surface area contributed by atoms with Crippen LogP contribution in [-0.2, 0) is 11.3 Å². The third kappa shape index (κ3) is 1.81. The number of allylic oxidation sites excluding steroid dienone is 1. The molecular formula is C15H20N5O2+. The Kier molecular flexibility index (Phi) is 3.35. The standard InChI is InChI=1S/C15H20N5O2/c1-5-7-8-19-13(21)11-12(17(4)15(19)22)16-14-18(6-2)10(3)9-20(11)14/h5,7,9,11H,6,8H2,1-4H3/q+1/b7-5+. The van der Waals surface area contributed by atoms with E-state index in [4.69, 9.17) is 0 Å². The number of carbonyl (C=O) groups is 2. The van der Waals surface area contributed by atoms with Gasteiger partial charge in [-0.3, -0.25) is 14.6 Å². The van der Waals surface area contributed by atoms with Crippen LogP contribution in [0.25, 0.3) is 0 Å². The van der Waals surface area contributed by atoms with Crippen LogP contribution in [0.5, 0.6) is 0 Å². The van der Waals surface area contributed by atoms with E-state index in [2.05, 4.69) is 4.99 Å². The summed E-state index contributed by atoms with van der Waals surface area (Å²) in [6.07, 6.45) is 5.55. The second kappa shape index (κ2) is 5.08. The maximum Gasteiger partial charge on any atom is 0.401 e. The van der Waals surface area contributed by atoms with Crippen molar-refractivity contribution in [3.63, 3.8) is 0 Å². The zero-order chi connectivity index (χ0) is 16.0. The number of aliphatic imine (C=N–C) groups is 1. The fourth-order valence-corrected chi connectivity index (χ4v) is 3.00. The van der Waals surface area contributed by atoms with Gasteiger partial charge in [-0.15, -0.1) is 0 Å². The van der Waals surface area contributed by atoms with Gasteiger partial charge >= 0.3 is 12.0 Å². The molecule has 7 heteroatoms. The molecule has 116 valence electrons. The molecule has 0 radical (unpaired) electrons. The van der Waals surface area contributed by atoms with Gasteiger partial charge < -0.3 is 0 Å². The van der Waals surface area contributed by atoms with Gasteiger partial charge in [0.25, 0.3) is 5.91 Å². The first-order valence-corrected chi connectivity index (χ1v) is 7.41. The molecule has 3 rings (SSSR count). The smallest absolute Gasteiger partial charge is 0.270 e. The van der Waals surface area contributed by atoms with Crippen molar-refractivity contribution in [2.45, 2.75) is 33.4 Å². The van der Waals surface area contributed by atoms with Crippen LogP contribution in [0.2, 0.25) is 0 Å². The number of aryl methyl sites for hydroxylation is 1. The minimum Gasteiger partial charge on any atom is -0.270 e. The van der Waals surface area contributed by atoms with Crippen molar-refractivity contribution in [3.8, 4) is 0 Å². The highest BCUT2D eigenvalue weighted by Crippen LogP contribution is 2.28. The lowest BCUT2D eigenvalue weighted by Crippen LogP contribution is -2.62. The Morgan fingerprint density at radius 1 is 1.41 bits per heavy atom. The van der Waals surface area contributed by atoms with E-state index < -0.39 is 6.04 Å². The Morgan fingerprint density at radius 3 is 2.77 bits per heavy atom. The summed E-state index contributed by atoms with van der Waals surface area (Å²) in [6.45, 7) is 6.94. The number of amides is 3. The minimum atomic E-state index is -0.547. The van der Waals surface area contributed by atoms with Crippen LogP contribution in [0.1, 0.15) is 25.6 Å². The molecule has 0 aliphatic carbocycles. The van der Waals surface area contributed by atoms with Crippen molar-refractivity contribution >= 4 is 23.7 Å². The van der Waals surface area contributed by atoms with Crippen molar-refractivity contribution in [2.24, 2.45) is 4.99 Å². The molecule has 3 amide bonds. The average molecular weight is 302 g/mol. The average Bonchev–Trinajstić information content (AvgIpc) is 2.99. The molecule has 0 bridgehead atoms. The number of imidazole rings is 1. The predicted molar refractivity (Wildman–Crippen MR) is 80.9 cm³/mol. The van der Waals surface area contributed by atoms with Gasteiger partial charge in [0.1, 0.15) is 11.9 Å². The van der Waals surface area contributed by atoms with E-state index in [1.165, 1.54) is 9.80 Å². The molecule has 1 unspecified atom stereocenters. The van der Waals surface area contributed by atoms with E-state index in [0.717, 1.165) is 18.2 Å². The van der Waals surface area contributed by atoms with E-state index in [1.807, 2.05) is 42.2 Å². The molecule has 2 aliphatic heterocycles. The van der Waals surface area contributed by atoms with Gasteiger partial charge in [0.2, 0.25) is 11.9 Å². The molecule has 1 atom stereocenters. The molecule has 0 N–H and O–H groups in total. The Balaban J connectivity index is 2.08. The maximum atomic E-state index is 12.8. The van der Waals surface area contributed by atoms with Gasteiger partial charge in [-0.05, 0) is 20.8 Å². The van der Waals surface area contributed by atoms with Crippen molar-refractivity contribution in [1.82, 2.24) is 14.4 Å². The van der Waals surface area contributed by atoms with Gasteiger partial charge in [0, 0.05) is 13.6 Å². The third-order valence-corrected chi connectivity index (χ3v) is 4.16. The summed E-state index contributed by atoms with van der Waals surface area (Å²) in [5.41, 5.74) is 1.05. The number of nitrogens with zero attached hydrogens (tertiary/aromatic N) is 5. The van der Waals surface area contributed by atoms with E-state index in [9.17, 15) is 9.59 Å². The zero-order valence-electron chi connectivity index (χ0n) is 13.3. The topological polar surface area (TPSA) is 61.8 Å². The molecule has 1 aromatic heterocycles. The molecule has 3 heterocycles. The number of hydrogen-bond donors (Lipinski definition) is 0. The summed E-state index contributed by atoms with van der Waals surface area (Å²) in [7, 11) is 1.67. The molecule has 1 aromatic rings. The first-order valence-electron chi connectivity index (χ1n) is 7.41. The van der Waals surface area contributed by atoms with Crippen LogP contribution in [0.3, 0.4) is 0 Å². The molecule has 0 aromatic carbocycles. The van der Waals surface area contributed by atoms with Crippen molar-refractivity contribution in [2.75, 3.05) is 13.6 Å². The summed E-state index contributed by atoms with van der Waals surface area (Å²) in [5.74, 6) is 1.00. The lowest BCUT2D eigenvalue weighted by Gasteiger charge is -2.32. The van der Waals surface area contributed by atoms with Crippen LogP contribution in [-0.4, -0.2) is 45.7 Å². The lowest BCUT2D eigenvalue weighted by molar-refractivity contribution is -0.677. The highest BCUT2D eigenvalue weighted by molar-refractivity contribution is 6.19. The van der Waals surface area contributed by atoms with E-state index in [1.54, 1.807) is 13.1 Å². The molecule has 2 aliphatic rings. The third-order valence-electron chi connectivity index (χ3n) is 4.16. The van der Waals surface area contributed by atoms with Gasteiger partial charge in [-0.1, -0.05) is 17.1 Å². The van der Waals surface area contributed by atoms with Crippen LogP contribution in [0, 0.1) is 6.92 Å². The number of amidine groups is 1. The van der Waals surface area contributed by atoms with Crippen LogP contribution in [0.15, 0.2) is 23.3 Å². The van der Waals surface area contributed by atoms with Gasteiger partial charge in [-0.2, -0.15) is 0 Å². The summed E-state index contributed by atoms with van der Waals surface area (Å²) in [6, 6.07) is -0.877. The Bertz CT molecular complexity index is 716. The first-order chi connectivity index (χ1) is 10.5. The SMILES string of the molecule is C/C=C/CN1C(=O)C2C(=Nc3n(CC)c(C)c[n+]32)N(C)C1=O. The van der Waals surface area contributed by atoms with Gasteiger partial charge in [0.05, 0.1) is 6.54 Å². The second-order valence-corrected chi connectivity index (χ2v) is 5.45. The molecular weight excluding hydrogens is 282 g/mol. The Morgan fingerprint density at radius 2 is 2.14 bits per heavy atom. The minimum absolute atomic E-state index is 0.225. The Hall–Kier alpha value is -2.44. The number of likely N-dealkylation sites (N-methyl/N-ethyl adjacent to an activating group) is 1. The highest BCUT2D eigenvalue weighted by atomic mass is 16.2. The van der Waals surface area contributed by atoms with Crippen LogP contribution < -0.4 is 4.57 Å². The maximum absolute atomic E-state index is 12.8. The van der Waals surface area contributed by atoms with Crippen molar-refractivity contribution < 1.29 is 14.2 Å². The quantitative estimate of drug-likeness (QED) is 0.621. The number of aromatic nitrogens is 2. The molecule has 1 fully saturated rings. The number of imide groups is 1. The van der Waals surface area contributed by atoms with E-state index in [-0.39, 0.29) is 18.5 Å².